The van der Waals surface area contributed by atoms with E-state index < -0.39 is 17.6 Å². The smallest absolute Gasteiger partial charge is 0.421 e. The normalized spacial score (nSPS) is 20.6. The average Bonchev–Trinajstić information content (AvgIpc) is 2.52. The van der Waals surface area contributed by atoms with E-state index in [4.69, 9.17) is 9.47 Å². The van der Waals surface area contributed by atoms with Crippen LogP contribution < -0.4 is 9.47 Å². The third-order valence-corrected chi connectivity index (χ3v) is 4.84. The minimum Gasteiger partial charge on any atom is -0.480 e. The zero-order chi connectivity index (χ0) is 17.4. The summed E-state index contributed by atoms with van der Waals surface area (Å²) in [7, 11) is 1.15. The van der Waals surface area contributed by atoms with Crippen LogP contribution in [0.1, 0.15) is 31.2 Å². The number of alkyl halides is 3. The number of rotatable bonds is 4. The van der Waals surface area contributed by atoms with E-state index in [1.54, 1.807) is 4.90 Å². The van der Waals surface area contributed by atoms with Gasteiger partial charge in [-0.1, -0.05) is 0 Å². The van der Waals surface area contributed by atoms with Crippen molar-refractivity contribution in [2.24, 2.45) is 5.41 Å². The number of hydrogen-bond donors (Lipinski definition) is 0. The van der Waals surface area contributed by atoms with Crippen LogP contribution in [0.5, 0.6) is 11.8 Å². The Morgan fingerprint density at radius 2 is 1.96 bits per heavy atom. The lowest BCUT2D eigenvalue weighted by atomic mass is 9.68. The van der Waals surface area contributed by atoms with Gasteiger partial charge in [-0.05, 0) is 31.7 Å². The van der Waals surface area contributed by atoms with Crippen LogP contribution in [0.3, 0.4) is 0 Å². The minimum absolute atomic E-state index is 0.0742. The highest BCUT2D eigenvalue weighted by molar-refractivity contribution is 5.49. The van der Waals surface area contributed by atoms with Gasteiger partial charge in [-0.3, -0.25) is 4.79 Å². The average molecular weight is 344 g/mol. The second-order valence-electron chi connectivity index (χ2n) is 6.53. The lowest BCUT2D eigenvalue weighted by molar-refractivity contribution is -0.139. The van der Waals surface area contributed by atoms with Crippen molar-refractivity contribution in [3.05, 3.63) is 17.7 Å². The topological polar surface area (TPSA) is 51.7 Å². The molecule has 1 saturated carbocycles. The first-order valence-corrected chi connectivity index (χ1v) is 7.83. The number of amides is 1. The summed E-state index contributed by atoms with van der Waals surface area (Å²) in [6, 6.07) is 2.16. The van der Waals surface area contributed by atoms with Gasteiger partial charge in [0.15, 0.2) is 0 Å². The van der Waals surface area contributed by atoms with Crippen molar-refractivity contribution >= 4 is 6.41 Å². The van der Waals surface area contributed by atoms with Crippen molar-refractivity contribution in [3.63, 3.8) is 0 Å². The van der Waals surface area contributed by atoms with E-state index in [1.165, 1.54) is 6.07 Å². The zero-order valence-corrected chi connectivity index (χ0v) is 13.3. The Kier molecular flexibility index (Phi) is 4.31. The molecule has 0 N–H and O–H groups in total. The van der Waals surface area contributed by atoms with Gasteiger partial charge in [-0.15, -0.1) is 0 Å². The molecule has 1 aliphatic heterocycles. The van der Waals surface area contributed by atoms with Crippen molar-refractivity contribution in [2.45, 2.75) is 38.0 Å². The Morgan fingerprint density at radius 1 is 1.29 bits per heavy atom. The van der Waals surface area contributed by atoms with E-state index in [2.05, 4.69) is 4.98 Å². The fourth-order valence-electron chi connectivity index (χ4n) is 3.56. The summed E-state index contributed by atoms with van der Waals surface area (Å²) in [4.78, 5) is 16.3. The molecule has 1 aliphatic carbocycles. The van der Waals surface area contributed by atoms with Crippen LogP contribution in [0.2, 0.25) is 0 Å². The molecule has 1 spiro atoms. The Labute approximate surface area is 137 Å². The molecule has 0 atom stereocenters. The molecule has 0 aromatic carbocycles. The molecule has 24 heavy (non-hydrogen) atoms. The van der Waals surface area contributed by atoms with Gasteiger partial charge in [-0.25, -0.2) is 0 Å². The van der Waals surface area contributed by atoms with Crippen LogP contribution in [-0.2, 0) is 11.0 Å². The molecule has 2 aliphatic rings. The predicted octanol–water partition coefficient (Wildman–Crippen LogP) is 2.89. The Morgan fingerprint density at radius 3 is 2.50 bits per heavy atom. The van der Waals surface area contributed by atoms with Gasteiger partial charge in [0, 0.05) is 24.6 Å². The second kappa shape index (κ2) is 6.14. The fourth-order valence-corrected chi connectivity index (χ4v) is 3.56. The van der Waals surface area contributed by atoms with E-state index >= 15 is 0 Å². The van der Waals surface area contributed by atoms with Crippen LogP contribution in [0.4, 0.5) is 13.2 Å². The van der Waals surface area contributed by atoms with E-state index in [1.807, 2.05) is 0 Å². The van der Waals surface area contributed by atoms with Crippen LogP contribution in [-0.4, -0.2) is 42.6 Å². The minimum atomic E-state index is -4.51. The Balaban J connectivity index is 1.60. The number of nitrogens with zero attached hydrogens (tertiary/aromatic N) is 2. The second-order valence-corrected chi connectivity index (χ2v) is 6.53. The molecular weight excluding hydrogens is 325 g/mol. The number of methoxy groups -OCH3 is 1. The van der Waals surface area contributed by atoms with Crippen LogP contribution >= 0.6 is 0 Å². The molecule has 3 rings (SSSR count). The van der Waals surface area contributed by atoms with E-state index in [-0.39, 0.29) is 17.4 Å². The highest BCUT2D eigenvalue weighted by Crippen LogP contribution is 2.44. The summed E-state index contributed by atoms with van der Waals surface area (Å²) in [5.74, 6) is -0.336. The quantitative estimate of drug-likeness (QED) is 0.788. The molecule has 8 heteroatoms. The van der Waals surface area contributed by atoms with Crippen molar-refractivity contribution in [1.29, 1.82) is 0 Å². The molecule has 132 valence electrons. The highest BCUT2D eigenvalue weighted by Gasteiger charge is 2.45. The molecule has 1 aromatic heterocycles. The van der Waals surface area contributed by atoms with E-state index in [9.17, 15) is 18.0 Å². The molecule has 0 unspecified atom stereocenters. The van der Waals surface area contributed by atoms with Crippen LogP contribution in [0.25, 0.3) is 0 Å². The number of likely N-dealkylation sites (tertiary alicyclic amines) is 1. The predicted molar refractivity (Wildman–Crippen MR) is 78.7 cm³/mol. The summed E-state index contributed by atoms with van der Waals surface area (Å²) >= 11 is 0. The number of ether oxygens (including phenoxy) is 2. The fraction of sp³-hybridized carbons (Fsp3) is 0.625. The zero-order valence-electron chi connectivity index (χ0n) is 13.3. The van der Waals surface area contributed by atoms with Crippen molar-refractivity contribution < 1.29 is 27.4 Å². The third kappa shape index (κ3) is 3.27. The SMILES string of the molecule is COc1nc(OC2CCC3(CC2)CN(C=O)C3)ccc1C(F)(F)F. The first kappa shape index (κ1) is 16.9. The van der Waals surface area contributed by atoms with E-state index in [0.717, 1.165) is 58.4 Å². The van der Waals surface area contributed by atoms with Crippen molar-refractivity contribution in [2.75, 3.05) is 20.2 Å². The van der Waals surface area contributed by atoms with Crippen molar-refractivity contribution in [3.8, 4) is 11.8 Å². The maximum atomic E-state index is 12.8. The monoisotopic (exact) mass is 344 g/mol. The number of carbonyl (C=O) groups excluding carboxylic acids is 1. The molecular formula is C16H19F3N2O3. The number of carbonyl (C=O) groups is 1. The van der Waals surface area contributed by atoms with Crippen LogP contribution in [0, 0.1) is 5.41 Å². The lowest BCUT2D eigenvalue weighted by Crippen LogP contribution is -2.57. The molecule has 1 amide bonds. The summed E-state index contributed by atoms with van der Waals surface area (Å²) in [6.07, 6.45) is -0.223. The largest absolute Gasteiger partial charge is 0.480 e. The van der Waals surface area contributed by atoms with Gasteiger partial charge in [0.05, 0.1) is 7.11 Å². The molecule has 0 bridgehead atoms. The summed E-state index contributed by atoms with van der Waals surface area (Å²) in [5.41, 5.74) is -0.713. The lowest BCUT2D eigenvalue weighted by Gasteiger charge is -2.51. The molecule has 2 heterocycles. The molecule has 0 radical (unpaired) electrons. The van der Waals surface area contributed by atoms with Gasteiger partial charge in [0.2, 0.25) is 18.2 Å². The maximum absolute atomic E-state index is 12.8. The first-order chi connectivity index (χ1) is 11.3. The van der Waals surface area contributed by atoms with Gasteiger partial charge >= 0.3 is 6.18 Å². The summed E-state index contributed by atoms with van der Waals surface area (Å²) < 4.78 is 49.0. The molecule has 5 nitrogen and oxygen atoms in total. The van der Waals surface area contributed by atoms with Crippen LogP contribution in [0.15, 0.2) is 12.1 Å². The Hall–Kier alpha value is -1.99. The number of halogens is 3. The molecule has 1 saturated heterocycles. The summed E-state index contributed by atoms with van der Waals surface area (Å²) in [6.45, 7) is 1.57. The summed E-state index contributed by atoms with van der Waals surface area (Å²) in [5, 5.41) is 0. The van der Waals surface area contributed by atoms with Gasteiger partial charge < -0.3 is 14.4 Å². The third-order valence-electron chi connectivity index (χ3n) is 4.84. The van der Waals surface area contributed by atoms with Gasteiger partial charge in [-0.2, -0.15) is 18.2 Å². The highest BCUT2D eigenvalue weighted by atomic mass is 19.4. The van der Waals surface area contributed by atoms with Gasteiger partial charge in [0.25, 0.3) is 0 Å². The first-order valence-electron chi connectivity index (χ1n) is 7.83. The molecule has 1 aromatic rings. The van der Waals surface area contributed by atoms with E-state index in [0.29, 0.717) is 0 Å². The molecule has 2 fully saturated rings. The maximum Gasteiger partial charge on any atom is 0.421 e. The number of pyridine rings is 1. The Bertz CT molecular complexity index is 605. The van der Waals surface area contributed by atoms with Crippen molar-refractivity contribution in [1.82, 2.24) is 9.88 Å². The standard InChI is InChI=1S/C16H19F3N2O3/c1-23-14-12(16(17,18)19)2-3-13(20-14)24-11-4-6-15(7-5-11)8-21(9-15)10-22/h2-3,10-11H,4-9H2,1H3. The van der Waals surface area contributed by atoms with Gasteiger partial charge in [0.1, 0.15) is 11.7 Å². The number of aromatic nitrogens is 1. The number of hydrogen-bond acceptors (Lipinski definition) is 4.